The molecular formula is C12H17N3OS. The Bertz CT molecular complexity index is 510. The van der Waals surface area contributed by atoms with Crippen molar-refractivity contribution in [1.82, 2.24) is 9.97 Å². The standard InChI is InChI=1S/C12H17N3OS/c1-3-10-14-11(13-5-4-6-16)9-7-8(2)17-12(9)15-10/h7,16H,3-6H2,1-2H3,(H,13,14,15). The summed E-state index contributed by atoms with van der Waals surface area (Å²) in [5, 5.41) is 13.1. The summed E-state index contributed by atoms with van der Waals surface area (Å²) < 4.78 is 0. The first kappa shape index (κ1) is 12.3. The number of rotatable bonds is 5. The zero-order valence-electron chi connectivity index (χ0n) is 10.2. The maximum Gasteiger partial charge on any atom is 0.138 e. The van der Waals surface area contributed by atoms with Gasteiger partial charge in [-0.1, -0.05) is 6.92 Å². The summed E-state index contributed by atoms with van der Waals surface area (Å²) in [5.41, 5.74) is 0. The van der Waals surface area contributed by atoms with Gasteiger partial charge in [0.05, 0.1) is 5.39 Å². The lowest BCUT2D eigenvalue weighted by molar-refractivity contribution is 0.292. The number of nitrogens with one attached hydrogen (secondary N) is 1. The fourth-order valence-electron chi connectivity index (χ4n) is 1.66. The van der Waals surface area contributed by atoms with Gasteiger partial charge in [-0.15, -0.1) is 11.3 Å². The summed E-state index contributed by atoms with van der Waals surface area (Å²) in [6, 6.07) is 2.11. The molecule has 0 spiro atoms. The molecule has 0 aliphatic rings. The van der Waals surface area contributed by atoms with E-state index in [1.807, 2.05) is 0 Å². The van der Waals surface area contributed by atoms with Crippen molar-refractivity contribution in [2.24, 2.45) is 0 Å². The third kappa shape index (κ3) is 2.73. The maximum absolute atomic E-state index is 8.79. The van der Waals surface area contributed by atoms with Gasteiger partial charge in [0.1, 0.15) is 16.5 Å². The van der Waals surface area contributed by atoms with Crippen LogP contribution in [0.2, 0.25) is 0 Å². The van der Waals surface area contributed by atoms with Gasteiger partial charge in [-0.3, -0.25) is 0 Å². The number of thiophene rings is 1. The zero-order chi connectivity index (χ0) is 12.3. The molecule has 4 nitrogen and oxygen atoms in total. The van der Waals surface area contributed by atoms with E-state index in [-0.39, 0.29) is 6.61 Å². The summed E-state index contributed by atoms with van der Waals surface area (Å²) in [6.45, 7) is 5.07. The minimum absolute atomic E-state index is 0.199. The summed E-state index contributed by atoms with van der Waals surface area (Å²) >= 11 is 1.69. The molecule has 2 aromatic rings. The number of hydrogen-bond donors (Lipinski definition) is 2. The van der Waals surface area contributed by atoms with Crippen molar-refractivity contribution in [3.63, 3.8) is 0 Å². The van der Waals surface area contributed by atoms with Crippen LogP contribution in [0.1, 0.15) is 24.0 Å². The lowest BCUT2D eigenvalue weighted by atomic mass is 10.3. The number of aromatic nitrogens is 2. The van der Waals surface area contributed by atoms with E-state index in [1.54, 1.807) is 11.3 Å². The molecule has 0 aromatic carbocycles. The molecule has 0 fully saturated rings. The van der Waals surface area contributed by atoms with Gasteiger partial charge in [0.15, 0.2) is 0 Å². The van der Waals surface area contributed by atoms with E-state index in [1.165, 1.54) is 4.88 Å². The predicted octanol–water partition coefficient (Wildman–Crippen LogP) is 2.36. The summed E-state index contributed by atoms with van der Waals surface area (Å²) in [5.74, 6) is 1.76. The third-order valence-electron chi connectivity index (χ3n) is 2.51. The Balaban J connectivity index is 2.36. The molecule has 0 amide bonds. The van der Waals surface area contributed by atoms with E-state index in [2.05, 4.69) is 35.2 Å². The van der Waals surface area contributed by atoms with Crippen LogP contribution in [0.15, 0.2) is 6.07 Å². The second kappa shape index (κ2) is 5.42. The van der Waals surface area contributed by atoms with Crippen molar-refractivity contribution in [3.05, 3.63) is 16.8 Å². The Morgan fingerprint density at radius 2 is 2.24 bits per heavy atom. The zero-order valence-corrected chi connectivity index (χ0v) is 11.0. The fourth-order valence-corrected chi connectivity index (χ4v) is 2.56. The number of aliphatic hydroxyl groups excluding tert-OH is 1. The van der Waals surface area contributed by atoms with Crippen molar-refractivity contribution >= 4 is 27.4 Å². The molecule has 0 bridgehead atoms. The Kier molecular flexibility index (Phi) is 3.91. The van der Waals surface area contributed by atoms with Crippen molar-refractivity contribution in [2.75, 3.05) is 18.5 Å². The van der Waals surface area contributed by atoms with Gasteiger partial charge in [0.25, 0.3) is 0 Å². The number of aliphatic hydroxyl groups is 1. The molecule has 0 unspecified atom stereocenters. The van der Waals surface area contributed by atoms with E-state index in [4.69, 9.17) is 5.11 Å². The van der Waals surface area contributed by atoms with Crippen LogP contribution in [0, 0.1) is 6.92 Å². The van der Waals surface area contributed by atoms with E-state index < -0.39 is 0 Å². The monoisotopic (exact) mass is 251 g/mol. The minimum Gasteiger partial charge on any atom is -0.396 e. The third-order valence-corrected chi connectivity index (χ3v) is 3.45. The number of hydrogen-bond acceptors (Lipinski definition) is 5. The summed E-state index contributed by atoms with van der Waals surface area (Å²) in [4.78, 5) is 11.3. The molecule has 2 heterocycles. The van der Waals surface area contributed by atoms with Crippen molar-refractivity contribution in [2.45, 2.75) is 26.7 Å². The highest BCUT2D eigenvalue weighted by atomic mass is 32.1. The van der Waals surface area contributed by atoms with E-state index >= 15 is 0 Å². The Labute approximate surface area is 105 Å². The fraction of sp³-hybridized carbons (Fsp3) is 0.500. The molecule has 0 aliphatic heterocycles. The highest BCUT2D eigenvalue weighted by Crippen LogP contribution is 2.28. The maximum atomic E-state index is 8.79. The van der Waals surface area contributed by atoms with Crippen molar-refractivity contribution < 1.29 is 5.11 Å². The lowest BCUT2D eigenvalue weighted by Gasteiger charge is -2.07. The van der Waals surface area contributed by atoms with Crippen LogP contribution in [0.3, 0.4) is 0 Å². The minimum atomic E-state index is 0.199. The SMILES string of the molecule is CCc1nc(NCCCO)c2cc(C)sc2n1. The van der Waals surface area contributed by atoms with Crippen LogP contribution in [0.25, 0.3) is 10.2 Å². The quantitative estimate of drug-likeness (QED) is 0.801. The highest BCUT2D eigenvalue weighted by molar-refractivity contribution is 7.18. The first-order valence-corrected chi connectivity index (χ1v) is 6.68. The number of anilines is 1. The topological polar surface area (TPSA) is 58.0 Å². The van der Waals surface area contributed by atoms with Gasteiger partial charge in [0.2, 0.25) is 0 Å². The molecule has 2 N–H and O–H groups in total. The molecule has 0 aliphatic carbocycles. The molecule has 17 heavy (non-hydrogen) atoms. The number of fused-ring (bicyclic) bond motifs is 1. The molecule has 0 radical (unpaired) electrons. The Morgan fingerprint density at radius 1 is 1.41 bits per heavy atom. The second-order valence-electron chi connectivity index (χ2n) is 3.92. The summed E-state index contributed by atoms with van der Waals surface area (Å²) in [6.07, 6.45) is 1.57. The highest BCUT2D eigenvalue weighted by Gasteiger charge is 2.09. The van der Waals surface area contributed by atoms with Crippen LogP contribution < -0.4 is 5.32 Å². The van der Waals surface area contributed by atoms with Crippen LogP contribution in [0.4, 0.5) is 5.82 Å². The van der Waals surface area contributed by atoms with Crippen molar-refractivity contribution in [3.8, 4) is 0 Å². The van der Waals surface area contributed by atoms with Crippen molar-refractivity contribution in [1.29, 1.82) is 0 Å². The first-order valence-electron chi connectivity index (χ1n) is 5.86. The van der Waals surface area contributed by atoms with E-state index in [0.29, 0.717) is 0 Å². The summed E-state index contributed by atoms with van der Waals surface area (Å²) in [7, 11) is 0. The van der Waals surface area contributed by atoms with Crippen LogP contribution in [-0.2, 0) is 6.42 Å². The average molecular weight is 251 g/mol. The Morgan fingerprint density at radius 3 is 2.94 bits per heavy atom. The molecule has 2 rings (SSSR count). The van der Waals surface area contributed by atoms with Gasteiger partial charge in [-0.2, -0.15) is 0 Å². The largest absolute Gasteiger partial charge is 0.396 e. The predicted molar refractivity (Wildman–Crippen MR) is 71.7 cm³/mol. The average Bonchev–Trinajstić information content (AvgIpc) is 2.69. The van der Waals surface area contributed by atoms with Crippen LogP contribution in [-0.4, -0.2) is 28.2 Å². The first-order chi connectivity index (χ1) is 8.24. The molecule has 0 saturated carbocycles. The van der Waals surface area contributed by atoms with E-state index in [9.17, 15) is 0 Å². The number of aryl methyl sites for hydroxylation is 2. The smallest absolute Gasteiger partial charge is 0.138 e. The lowest BCUT2D eigenvalue weighted by Crippen LogP contribution is -2.07. The van der Waals surface area contributed by atoms with Crippen LogP contribution >= 0.6 is 11.3 Å². The molecule has 92 valence electrons. The normalized spacial score (nSPS) is 11.0. The van der Waals surface area contributed by atoms with Gasteiger partial charge in [-0.25, -0.2) is 9.97 Å². The van der Waals surface area contributed by atoms with Gasteiger partial charge in [-0.05, 0) is 19.4 Å². The van der Waals surface area contributed by atoms with E-state index in [0.717, 1.165) is 41.2 Å². The molecule has 0 saturated heterocycles. The van der Waals surface area contributed by atoms with Gasteiger partial charge >= 0.3 is 0 Å². The molecule has 2 aromatic heterocycles. The van der Waals surface area contributed by atoms with Gasteiger partial charge in [0, 0.05) is 24.4 Å². The van der Waals surface area contributed by atoms with Crippen LogP contribution in [0.5, 0.6) is 0 Å². The molecular weight excluding hydrogens is 234 g/mol. The number of nitrogens with zero attached hydrogens (tertiary/aromatic N) is 2. The van der Waals surface area contributed by atoms with Gasteiger partial charge < -0.3 is 10.4 Å². The Hall–Kier alpha value is -1.20. The molecule has 0 atom stereocenters. The molecule has 5 heteroatoms. The second-order valence-corrected chi connectivity index (χ2v) is 5.16.